The van der Waals surface area contributed by atoms with Gasteiger partial charge in [0.25, 0.3) is 5.91 Å². The molecule has 0 radical (unpaired) electrons. The average Bonchev–Trinajstić information content (AvgIpc) is 2.97. The lowest BCUT2D eigenvalue weighted by atomic mass is 10.2. The minimum atomic E-state index is -0.753. The number of hydrogen-bond donors (Lipinski definition) is 1. The molecule has 0 saturated heterocycles. The van der Waals surface area contributed by atoms with Crippen LogP contribution in [0.4, 0.5) is 0 Å². The van der Waals surface area contributed by atoms with Gasteiger partial charge in [-0.2, -0.15) is 5.10 Å². The molecule has 1 amide bonds. The largest absolute Gasteiger partial charge is 0.493 e. The van der Waals surface area contributed by atoms with Crippen molar-refractivity contribution in [2.24, 2.45) is 5.10 Å². The van der Waals surface area contributed by atoms with Crippen molar-refractivity contribution in [2.75, 3.05) is 7.11 Å². The Morgan fingerprint density at radius 3 is 2.23 bits per heavy atom. The van der Waals surface area contributed by atoms with Crippen LogP contribution in [0.25, 0.3) is 0 Å². The number of rotatable bonds is 12. The summed E-state index contributed by atoms with van der Waals surface area (Å²) in [7, 11) is 1.56. The number of nitrogens with one attached hydrogen (secondary N) is 1. The third-order valence-electron chi connectivity index (χ3n) is 5.64. The van der Waals surface area contributed by atoms with Gasteiger partial charge in [0.2, 0.25) is 0 Å². The van der Waals surface area contributed by atoms with E-state index in [9.17, 15) is 4.79 Å². The highest BCUT2D eigenvalue weighted by Crippen LogP contribution is 2.28. The molecule has 0 aliphatic rings. The Bertz CT molecular complexity index is 1380. The number of ether oxygens (including phenoxy) is 4. The van der Waals surface area contributed by atoms with Crippen LogP contribution in [0, 0.1) is 0 Å². The van der Waals surface area contributed by atoms with Gasteiger partial charge in [-0.25, -0.2) is 5.43 Å². The molecule has 0 saturated carbocycles. The molecule has 0 aliphatic heterocycles. The Balaban J connectivity index is 1.24. The Hall–Kier alpha value is -4.49. The van der Waals surface area contributed by atoms with Crippen molar-refractivity contribution < 1.29 is 23.7 Å². The lowest BCUT2D eigenvalue weighted by molar-refractivity contribution is -0.127. The number of nitrogens with zero attached hydrogens (tertiary/aromatic N) is 1. The standard InChI is InChI=1S/C31H29ClN2O5/c1-22(39-28-15-13-27(14-16-28)37-20-23-6-4-3-5-7-23)31(35)34-33-19-25-10-17-29(30(18-25)36-2)38-21-24-8-11-26(32)12-9-24/h3-19,22H,20-21H2,1-2H3,(H,34,35)/b33-19-/t22-/m1/s1. The van der Waals surface area contributed by atoms with Crippen LogP contribution >= 0.6 is 11.6 Å². The van der Waals surface area contributed by atoms with Gasteiger partial charge in [0.05, 0.1) is 13.3 Å². The number of methoxy groups -OCH3 is 1. The second-order valence-corrected chi connectivity index (χ2v) is 9.00. The fourth-order valence-electron chi connectivity index (χ4n) is 3.50. The van der Waals surface area contributed by atoms with Crippen LogP contribution in [0.5, 0.6) is 23.0 Å². The first kappa shape index (κ1) is 27.5. The van der Waals surface area contributed by atoms with E-state index in [1.54, 1.807) is 50.4 Å². The molecule has 0 aromatic heterocycles. The molecule has 4 aromatic rings. The summed E-state index contributed by atoms with van der Waals surface area (Å²) in [5.74, 6) is 2.02. The van der Waals surface area contributed by atoms with Crippen LogP contribution < -0.4 is 24.4 Å². The minimum absolute atomic E-state index is 0.373. The maximum Gasteiger partial charge on any atom is 0.280 e. The SMILES string of the molecule is COc1cc(/C=N\NC(=O)[C@@H](C)Oc2ccc(OCc3ccccc3)cc2)ccc1OCc1ccc(Cl)cc1. The molecule has 39 heavy (non-hydrogen) atoms. The number of halogens is 1. The van der Waals surface area contributed by atoms with E-state index in [1.807, 2.05) is 60.7 Å². The van der Waals surface area contributed by atoms with Crippen molar-refractivity contribution in [3.05, 3.63) is 119 Å². The van der Waals surface area contributed by atoms with Gasteiger partial charge in [-0.1, -0.05) is 54.1 Å². The smallest absolute Gasteiger partial charge is 0.280 e. The molecule has 1 N–H and O–H groups in total. The number of hydrazone groups is 1. The Labute approximate surface area is 232 Å². The van der Waals surface area contributed by atoms with Crippen LogP contribution in [0.15, 0.2) is 102 Å². The second-order valence-electron chi connectivity index (χ2n) is 8.57. The molecule has 0 aliphatic carbocycles. The normalized spacial score (nSPS) is 11.6. The van der Waals surface area contributed by atoms with Crippen molar-refractivity contribution in [1.82, 2.24) is 5.43 Å². The summed E-state index contributed by atoms with van der Waals surface area (Å²) in [5, 5.41) is 4.72. The van der Waals surface area contributed by atoms with E-state index in [0.717, 1.165) is 16.7 Å². The quantitative estimate of drug-likeness (QED) is 0.164. The molecule has 0 heterocycles. The fraction of sp³-hybridized carbons (Fsp3) is 0.161. The van der Waals surface area contributed by atoms with Crippen LogP contribution in [0.1, 0.15) is 23.6 Å². The van der Waals surface area contributed by atoms with E-state index in [1.165, 1.54) is 6.21 Å². The number of benzene rings is 4. The fourth-order valence-corrected chi connectivity index (χ4v) is 3.63. The summed E-state index contributed by atoms with van der Waals surface area (Å²) in [6.07, 6.45) is 0.769. The Morgan fingerprint density at radius 2 is 1.51 bits per heavy atom. The third-order valence-corrected chi connectivity index (χ3v) is 5.89. The lowest BCUT2D eigenvalue weighted by Crippen LogP contribution is -2.33. The topological polar surface area (TPSA) is 78.4 Å². The zero-order chi connectivity index (χ0) is 27.5. The van der Waals surface area contributed by atoms with Gasteiger partial charge in [0, 0.05) is 5.02 Å². The van der Waals surface area contributed by atoms with Gasteiger partial charge in [-0.05, 0) is 78.2 Å². The molecule has 7 nitrogen and oxygen atoms in total. The summed E-state index contributed by atoms with van der Waals surface area (Å²) < 4.78 is 22.8. The van der Waals surface area contributed by atoms with E-state index in [-0.39, 0.29) is 5.91 Å². The first-order chi connectivity index (χ1) is 19.0. The average molecular weight is 545 g/mol. The molecule has 200 valence electrons. The van der Waals surface area contributed by atoms with Crippen molar-refractivity contribution in [2.45, 2.75) is 26.2 Å². The monoisotopic (exact) mass is 544 g/mol. The number of amides is 1. The summed E-state index contributed by atoms with van der Waals surface area (Å²) in [6, 6.07) is 29.9. The number of hydrogen-bond acceptors (Lipinski definition) is 6. The molecule has 0 unspecified atom stereocenters. The maximum atomic E-state index is 12.5. The Morgan fingerprint density at radius 1 is 0.846 bits per heavy atom. The van der Waals surface area contributed by atoms with Crippen LogP contribution in [0.3, 0.4) is 0 Å². The first-order valence-corrected chi connectivity index (χ1v) is 12.7. The summed E-state index contributed by atoms with van der Waals surface area (Å²) in [6.45, 7) is 2.50. The third kappa shape index (κ3) is 8.51. The molecule has 0 spiro atoms. The molecule has 0 fully saturated rings. The molecule has 4 aromatic carbocycles. The zero-order valence-electron chi connectivity index (χ0n) is 21.7. The Kier molecular flexibility index (Phi) is 9.80. The molecular weight excluding hydrogens is 516 g/mol. The van der Waals surface area contributed by atoms with E-state index in [4.69, 9.17) is 30.5 Å². The van der Waals surface area contributed by atoms with Gasteiger partial charge in [-0.15, -0.1) is 0 Å². The minimum Gasteiger partial charge on any atom is -0.493 e. The lowest BCUT2D eigenvalue weighted by Gasteiger charge is -2.14. The van der Waals surface area contributed by atoms with E-state index < -0.39 is 6.10 Å². The zero-order valence-corrected chi connectivity index (χ0v) is 22.4. The van der Waals surface area contributed by atoms with Crippen LogP contribution in [-0.2, 0) is 18.0 Å². The van der Waals surface area contributed by atoms with E-state index in [0.29, 0.717) is 41.2 Å². The molecule has 4 rings (SSSR count). The maximum absolute atomic E-state index is 12.5. The number of carbonyl (C=O) groups excluding carboxylic acids is 1. The predicted octanol–water partition coefficient (Wildman–Crippen LogP) is 6.42. The van der Waals surface area contributed by atoms with Crippen molar-refractivity contribution in [3.8, 4) is 23.0 Å². The van der Waals surface area contributed by atoms with Gasteiger partial charge in [-0.3, -0.25) is 4.79 Å². The van der Waals surface area contributed by atoms with Gasteiger partial charge < -0.3 is 18.9 Å². The first-order valence-electron chi connectivity index (χ1n) is 12.3. The van der Waals surface area contributed by atoms with Crippen molar-refractivity contribution in [3.63, 3.8) is 0 Å². The van der Waals surface area contributed by atoms with Gasteiger partial charge in [0.15, 0.2) is 17.6 Å². The van der Waals surface area contributed by atoms with Crippen LogP contribution in [0.2, 0.25) is 5.02 Å². The number of carbonyl (C=O) groups is 1. The van der Waals surface area contributed by atoms with Crippen LogP contribution in [-0.4, -0.2) is 25.3 Å². The summed E-state index contributed by atoms with van der Waals surface area (Å²) >= 11 is 5.93. The van der Waals surface area contributed by atoms with E-state index >= 15 is 0 Å². The highest BCUT2D eigenvalue weighted by molar-refractivity contribution is 6.30. The second kappa shape index (κ2) is 13.9. The van der Waals surface area contributed by atoms with Gasteiger partial charge in [0.1, 0.15) is 24.7 Å². The summed E-state index contributed by atoms with van der Waals surface area (Å²) in [4.78, 5) is 12.5. The predicted molar refractivity (Wildman–Crippen MR) is 152 cm³/mol. The highest BCUT2D eigenvalue weighted by Gasteiger charge is 2.14. The van der Waals surface area contributed by atoms with Crippen molar-refractivity contribution >= 4 is 23.7 Å². The molecule has 1 atom stereocenters. The van der Waals surface area contributed by atoms with Crippen molar-refractivity contribution in [1.29, 1.82) is 0 Å². The summed E-state index contributed by atoms with van der Waals surface area (Å²) in [5.41, 5.74) is 5.30. The molecule has 8 heteroatoms. The van der Waals surface area contributed by atoms with E-state index in [2.05, 4.69) is 10.5 Å². The molecule has 0 bridgehead atoms. The van der Waals surface area contributed by atoms with Gasteiger partial charge >= 0.3 is 0 Å². The molecular formula is C31H29ClN2O5. The highest BCUT2D eigenvalue weighted by atomic mass is 35.5.